The van der Waals surface area contributed by atoms with E-state index in [0.29, 0.717) is 28.4 Å². The van der Waals surface area contributed by atoms with E-state index in [1.807, 2.05) is 0 Å². The number of nitro groups is 1. The lowest BCUT2D eigenvalue weighted by atomic mass is 10.1. The molecule has 0 bridgehead atoms. The van der Waals surface area contributed by atoms with E-state index in [9.17, 15) is 19.7 Å². The van der Waals surface area contributed by atoms with E-state index in [4.69, 9.17) is 14.2 Å². The van der Waals surface area contributed by atoms with E-state index >= 15 is 0 Å². The minimum Gasteiger partial charge on any atom is -0.496 e. The number of benzene rings is 3. The van der Waals surface area contributed by atoms with Gasteiger partial charge >= 0.3 is 5.69 Å². The number of nitro benzene ring substituents is 1. The smallest absolute Gasteiger partial charge is 0.314 e. The molecule has 10 heteroatoms. The Morgan fingerprint density at radius 2 is 1.62 bits per heavy atom. The lowest BCUT2D eigenvalue weighted by Gasteiger charge is -2.15. The van der Waals surface area contributed by atoms with Crippen LogP contribution in [0.5, 0.6) is 17.2 Å². The van der Waals surface area contributed by atoms with Crippen molar-refractivity contribution in [3.8, 4) is 17.2 Å². The fraction of sp³-hybridized carbons (Fsp3) is 0.167. The molecule has 0 fully saturated rings. The standard InChI is InChI=1S/C24H23N3O7/c1-15(34-22-13-12-18(32-2)14-20(22)27(30)31)23(28)25-17-10-8-16(9-11-17)24(29)26-19-6-4-5-7-21(19)33-3/h4-15H,1-3H3,(H,25,28)(H,26,29). The van der Waals surface area contributed by atoms with E-state index in [1.54, 1.807) is 48.5 Å². The number of methoxy groups -OCH3 is 2. The SMILES string of the molecule is COc1ccc(OC(C)C(=O)Nc2ccc(C(=O)Nc3ccccc3OC)cc2)c([N+](=O)[O-])c1. The Labute approximate surface area is 195 Å². The molecule has 3 aromatic carbocycles. The van der Waals surface area contributed by atoms with Gasteiger partial charge in [-0.1, -0.05) is 12.1 Å². The average Bonchev–Trinajstić information content (AvgIpc) is 2.84. The van der Waals surface area contributed by atoms with Crippen molar-refractivity contribution in [1.29, 1.82) is 0 Å². The first-order valence-corrected chi connectivity index (χ1v) is 10.2. The molecular weight excluding hydrogens is 442 g/mol. The maximum Gasteiger partial charge on any atom is 0.314 e. The van der Waals surface area contributed by atoms with E-state index in [1.165, 1.54) is 39.3 Å². The number of carbonyl (C=O) groups excluding carboxylic acids is 2. The first-order chi connectivity index (χ1) is 16.3. The molecule has 0 saturated heterocycles. The van der Waals surface area contributed by atoms with Crippen molar-refractivity contribution in [3.05, 3.63) is 82.4 Å². The zero-order chi connectivity index (χ0) is 24.7. The van der Waals surface area contributed by atoms with Crippen LogP contribution in [-0.2, 0) is 4.79 Å². The summed E-state index contributed by atoms with van der Waals surface area (Å²) in [5.41, 5.74) is 1.02. The third kappa shape index (κ3) is 5.80. The summed E-state index contributed by atoms with van der Waals surface area (Å²) in [5, 5.41) is 16.7. The number of anilines is 2. The predicted molar refractivity (Wildman–Crippen MR) is 126 cm³/mol. The molecule has 0 heterocycles. The topological polar surface area (TPSA) is 129 Å². The predicted octanol–water partition coefficient (Wildman–Crippen LogP) is 4.27. The number of hydrogen-bond acceptors (Lipinski definition) is 7. The van der Waals surface area contributed by atoms with Gasteiger partial charge in [-0.15, -0.1) is 0 Å². The maximum absolute atomic E-state index is 12.5. The Balaban J connectivity index is 1.63. The second kappa shape index (κ2) is 10.8. The van der Waals surface area contributed by atoms with Crippen LogP contribution in [0.25, 0.3) is 0 Å². The van der Waals surface area contributed by atoms with Gasteiger partial charge < -0.3 is 24.8 Å². The van der Waals surface area contributed by atoms with Gasteiger partial charge in [0.25, 0.3) is 11.8 Å². The number of amides is 2. The zero-order valence-electron chi connectivity index (χ0n) is 18.7. The van der Waals surface area contributed by atoms with Crippen LogP contribution < -0.4 is 24.8 Å². The highest BCUT2D eigenvalue weighted by molar-refractivity contribution is 6.05. The van der Waals surface area contributed by atoms with Crippen molar-refractivity contribution >= 4 is 28.9 Å². The molecule has 176 valence electrons. The number of nitrogens with zero attached hydrogens (tertiary/aromatic N) is 1. The highest BCUT2D eigenvalue weighted by Gasteiger charge is 2.22. The lowest BCUT2D eigenvalue weighted by molar-refractivity contribution is -0.386. The largest absolute Gasteiger partial charge is 0.496 e. The van der Waals surface area contributed by atoms with Gasteiger partial charge in [0.05, 0.1) is 30.9 Å². The average molecular weight is 465 g/mol. The van der Waals surface area contributed by atoms with Crippen LogP contribution in [0.3, 0.4) is 0 Å². The normalized spacial score (nSPS) is 11.1. The fourth-order valence-corrected chi connectivity index (χ4v) is 3.00. The second-order valence-corrected chi connectivity index (χ2v) is 7.07. The lowest BCUT2D eigenvalue weighted by Crippen LogP contribution is -2.30. The van der Waals surface area contributed by atoms with Gasteiger partial charge in [0, 0.05) is 11.3 Å². The van der Waals surface area contributed by atoms with E-state index in [2.05, 4.69) is 10.6 Å². The van der Waals surface area contributed by atoms with Gasteiger partial charge in [-0.2, -0.15) is 0 Å². The van der Waals surface area contributed by atoms with Gasteiger partial charge in [0.2, 0.25) is 0 Å². The van der Waals surface area contributed by atoms with Crippen LogP contribution in [0.4, 0.5) is 17.1 Å². The third-order valence-corrected chi connectivity index (χ3v) is 4.81. The van der Waals surface area contributed by atoms with Gasteiger partial charge in [0.15, 0.2) is 11.9 Å². The quantitative estimate of drug-likeness (QED) is 0.357. The van der Waals surface area contributed by atoms with Crippen LogP contribution >= 0.6 is 0 Å². The molecule has 0 radical (unpaired) electrons. The molecule has 2 amide bonds. The third-order valence-electron chi connectivity index (χ3n) is 4.81. The molecule has 0 spiro atoms. The molecule has 3 rings (SSSR count). The summed E-state index contributed by atoms with van der Waals surface area (Å²) in [6, 6.07) is 17.4. The summed E-state index contributed by atoms with van der Waals surface area (Å²) in [7, 11) is 2.91. The van der Waals surface area contributed by atoms with Crippen molar-refractivity contribution in [1.82, 2.24) is 0 Å². The Hall–Kier alpha value is -4.60. The van der Waals surface area contributed by atoms with E-state index < -0.39 is 16.9 Å². The highest BCUT2D eigenvalue weighted by atomic mass is 16.6. The fourth-order valence-electron chi connectivity index (χ4n) is 3.00. The summed E-state index contributed by atoms with van der Waals surface area (Å²) in [6.45, 7) is 1.47. The number of nitrogens with one attached hydrogen (secondary N) is 2. The van der Waals surface area contributed by atoms with Crippen molar-refractivity contribution in [2.45, 2.75) is 13.0 Å². The molecule has 0 aromatic heterocycles. The summed E-state index contributed by atoms with van der Waals surface area (Å²) < 4.78 is 15.7. The first kappa shape index (κ1) is 24.1. The van der Waals surface area contributed by atoms with Gasteiger partial charge in [0.1, 0.15) is 11.5 Å². The number of ether oxygens (including phenoxy) is 3. The molecule has 34 heavy (non-hydrogen) atoms. The summed E-state index contributed by atoms with van der Waals surface area (Å²) in [4.78, 5) is 35.7. The van der Waals surface area contributed by atoms with Crippen LogP contribution in [0, 0.1) is 10.1 Å². The number of rotatable bonds is 9. The molecule has 10 nitrogen and oxygen atoms in total. The summed E-state index contributed by atoms with van der Waals surface area (Å²) in [5.74, 6) is -0.0872. The van der Waals surface area contributed by atoms with Crippen molar-refractivity contribution in [2.24, 2.45) is 0 Å². The molecular formula is C24H23N3O7. The van der Waals surface area contributed by atoms with Crippen molar-refractivity contribution in [2.75, 3.05) is 24.9 Å². The molecule has 2 N–H and O–H groups in total. The summed E-state index contributed by atoms with van der Waals surface area (Å²) >= 11 is 0. The van der Waals surface area contributed by atoms with Gasteiger partial charge in [-0.05, 0) is 55.5 Å². The highest BCUT2D eigenvalue weighted by Crippen LogP contribution is 2.32. The molecule has 0 aliphatic rings. The molecule has 1 atom stereocenters. The van der Waals surface area contributed by atoms with Crippen molar-refractivity contribution in [3.63, 3.8) is 0 Å². The van der Waals surface area contributed by atoms with Crippen molar-refractivity contribution < 1.29 is 28.7 Å². The van der Waals surface area contributed by atoms with Crippen LogP contribution in [-0.4, -0.2) is 37.1 Å². The molecule has 3 aromatic rings. The number of para-hydroxylation sites is 2. The molecule has 0 saturated carbocycles. The Bertz CT molecular complexity index is 1200. The van der Waals surface area contributed by atoms with Gasteiger partial charge in [-0.25, -0.2) is 0 Å². The van der Waals surface area contributed by atoms with Gasteiger partial charge in [-0.3, -0.25) is 19.7 Å². The van der Waals surface area contributed by atoms with Crippen LogP contribution in [0.2, 0.25) is 0 Å². The maximum atomic E-state index is 12.5. The minimum absolute atomic E-state index is 0.0585. The Morgan fingerprint density at radius 1 is 0.912 bits per heavy atom. The second-order valence-electron chi connectivity index (χ2n) is 7.07. The number of hydrogen-bond donors (Lipinski definition) is 2. The Morgan fingerprint density at radius 3 is 2.26 bits per heavy atom. The molecule has 1 unspecified atom stereocenters. The zero-order valence-corrected chi connectivity index (χ0v) is 18.7. The number of carbonyl (C=O) groups is 2. The molecule has 0 aliphatic heterocycles. The van der Waals surface area contributed by atoms with Crippen LogP contribution in [0.15, 0.2) is 66.7 Å². The minimum atomic E-state index is -1.03. The van der Waals surface area contributed by atoms with E-state index in [0.717, 1.165) is 0 Å². The summed E-state index contributed by atoms with van der Waals surface area (Å²) in [6.07, 6.45) is -1.03. The Kier molecular flexibility index (Phi) is 7.65. The monoisotopic (exact) mass is 465 g/mol. The van der Waals surface area contributed by atoms with Crippen LogP contribution in [0.1, 0.15) is 17.3 Å². The molecule has 0 aliphatic carbocycles. The van der Waals surface area contributed by atoms with E-state index in [-0.39, 0.29) is 17.3 Å². The first-order valence-electron chi connectivity index (χ1n) is 10.2.